The predicted octanol–water partition coefficient (Wildman–Crippen LogP) is 4.67. The van der Waals surface area contributed by atoms with Crippen LogP contribution in [-0.4, -0.2) is 21.3 Å². The molecule has 3 aromatic rings. The van der Waals surface area contributed by atoms with Crippen molar-refractivity contribution in [2.75, 3.05) is 0 Å². The van der Waals surface area contributed by atoms with E-state index >= 15 is 0 Å². The van der Waals surface area contributed by atoms with Crippen molar-refractivity contribution in [2.24, 2.45) is 5.92 Å². The second-order valence-electron chi connectivity index (χ2n) is 7.54. The molecule has 5 heteroatoms. The van der Waals surface area contributed by atoms with Gasteiger partial charge >= 0.3 is 6.09 Å². The quantitative estimate of drug-likeness (QED) is 0.582. The molecule has 0 fully saturated rings. The van der Waals surface area contributed by atoms with Crippen LogP contribution in [0.4, 0.5) is 4.79 Å². The minimum absolute atomic E-state index is 0.0558. The highest BCUT2D eigenvalue weighted by atomic mass is 16.4. The molecule has 1 amide bonds. The number of rotatable bonds is 6. The van der Waals surface area contributed by atoms with Gasteiger partial charge in [-0.2, -0.15) is 0 Å². The Bertz CT molecular complexity index is 995. The molecular formula is C23H26N2O3. The fourth-order valence-corrected chi connectivity index (χ4v) is 3.46. The van der Waals surface area contributed by atoms with Crippen LogP contribution in [0.1, 0.15) is 36.2 Å². The summed E-state index contributed by atoms with van der Waals surface area (Å²) in [6, 6.07) is 14.0. The average Bonchev–Trinajstić information content (AvgIpc) is 2.66. The summed E-state index contributed by atoms with van der Waals surface area (Å²) in [6.45, 7) is 6.42. The maximum absolute atomic E-state index is 11.2. The molecule has 0 spiro atoms. The smallest absolute Gasteiger partial charge is 0.404 e. The Hall–Kier alpha value is -2.92. The highest BCUT2D eigenvalue weighted by Crippen LogP contribution is 2.35. The van der Waals surface area contributed by atoms with E-state index in [0.717, 1.165) is 50.8 Å². The number of amides is 1. The number of aryl methyl sites for hydroxylation is 1. The number of hydrogen-bond donors (Lipinski definition) is 3. The van der Waals surface area contributed by atoms with Gasteiger partial charge < -0.3 is 15.5 Å². The van der Waals surface area contributed by atoms with Gasteiger partial charge in [-0.3, -0.25) is 4.98 Å². The second-order valence-corrected chi connectivity index (χ2v) is 7.54. The lowest BCUT2D eigenvalue weighted by Gasteiger charge is -2.19. The first kappa shape index (κ1) is 19.8. The van der Waals surface area contributed by atoms with Gasteiger partial charge in [0.1, 0.15) is 0 Å². The fraction of sp³-hybridized carbons (Fsp3) is 0.304. The van der Waals surface area contributed by atoms with Crippen LogP contribution in [0.2, 0.25) is 0 Å². The fourth-order valence-electron chi connectivity index (χ4n) is 3.46. The van der Waals surface area contributed by atoms with E-state index in [9.17, 15) is 15.0 Å². The molecule has 1 aromatic heterocycles. The first-order valence-electron chi connectivity index (χ1n) is 9.48. The highest BCUT2D eigenvalue weighted by molar-refractivity contribution is 5.97. The first-order chi connectivity index (χ1) is 13.4. The molecule has 2 aromatic carbocycles. The van der Waals surface area contributed by atoms with Gasteiger partial charge in [0.15, 0.2) is 0 Å². The van der Waals surface area contributed by atoms with Crippen molar-refractivity contribution < 1.29 is 15.0 Å². The zero-order chi connectivity index (χ0) is 20.3. The van der Waals surface area contributed by atoms with E-state index < -0.39 is 6.09 Å². The lowest BCUT2D eigenvalue weighted by atomic mass is 9.90. The lowest BCUT2D eigenvalue weighted by Crippen LogP contribution is -2.22. The Balaban J connectivity index is 2.34. The summed E-state index contributed by atoms with van der Waals surface area (Å²) in [5, 5.41) is 22.2. The van der Waals surface area contributed by atoms with Gasteiger partial charge in [-0.1, -0.05) is 49.7 Å². The summed E-state index contributed by atoms with van der Waals surface area (Å²) in [6.07, 6.45) is -0.303. The Kier molecular flexibility index (Phi) is 5.95. The molecule has 0 aliphatic rings. The molecular weight excluding hydrogens is 352 g/mol. The van der Waals surface area contributed by atoms with E-state index in [1.54, 1.807) is 0 Å². The Morgan fingerprint density at radius 3 is 2.46 bits per heavy atom. The standard InChI is InChI=1S/C23H26N2O3/c1-14(2)10-21-19(12-24-23(27)28)22(17-7-4-15(3)5-8-17)18-11-16(13-26)6-9-20(18)25-21/h4-9,11,14,24,26H,10,12-13H2,1-3H3,(H,27,28). The third-order valence-corrected chi connectivity index (χ3v) is 4.78. The van der Waals surface area contributed by atoms with Crippen LogP contribution in [0, 0.1) is 12.8 Å². The molecule has 0 radical (unpaired) electrons. The largest absolute Gasteiger partial charge is 0.465 e. The second kappa shape index (κ2) is 8.40. The molecule has 1 heterocycles. The molecule has 0 aliphatic carbocycles. The van der Waals surface area contributed by atoms with Gasteiger partial charge in [0.25, 0.3) is 0 Å². The number of carbonyl (C=O) groups is 1. The Morgan fingerprint density at radius 2 is 1.86 bits per heavy atom. The maximum Gasteiger partial charge on any atom is 0.404 e. The van der Waals surface area contributed by atoms with Gasteiger partial charge in [0.05, 0.1) is 12.1 Å². The minimum Gasteiger partial charge on any atom is -0.465 e. The van der Waals surface area contributed by atoms with Gasteiger partial charge in [-0.05, 0) is 48.1 Å². The summed E-state index contributed by atoms with van der Waals surface area (Å²) >= 11 is 0. The van der Waals surface area contributed by atoms with Gasteiger partial charge in [0.2, 0.25) is 0 Å². The molecule has 146 valence electrons. The highest BCUT2D eigenvalue weighted by Gasteiger charge is 2.18. The molecule has 3 rings (SSSR count). The average molecular weight is 378 g/mol. The number of carboxylic acid groups (broad SMARTS) is 1. The molecule has 3 N–H and O–H groups in total. The minimum atomic E-state index is -1.06. The van der Waals surface area contributed by atoms with Gasteiger partial charge in [0, 0.05) is 23.2 Å². The number of aliphatic hydroxyl groups is 1. The van der Waals surface area contributed by atoms with E-state index in [2.05, 4.69) is 31.3 Å². The van der Waals surface area contributed by atoms with Crippen LogP contribution in [0.25, 0.3) is 22.0 Å². The van der Waals surface area contributed by atoms with Crippen LogP contribution in [0.3, 0.4) is 0 Å². The Labute approximate surface area is 165 Å². The SMILES string of the molecule is Cc1ccc(-c2c(CNC(=O)O)c(CC(C)C)nc3ccc(CO)cc23)cc1. The van der Waals surface area contributed by atoms with Crippen LogP contribution in [-0.2, 0) is 19.6 Å². The number of pyridine rings is 1. The first-order valence-corrected chi connectivity index (χ1v) is 9.48. The third kappa shape index (κ3) is 4.31. The van der Waals surface area contributed by atoms with Crippen molar-refractivity contribution >= 4 is 17.0 Å². The summed E-state index contributed by atoms with van der Waals surface area (Å²) in [7, 11) is 0. The molecule has 0 saturated carbocycles. The number of aliphatic hydroxyl groups excluding tert-OH is 1. The molecule has 0 aliphatic heterocycles. The van der Waals surface area contributed by atoms with Crippen molar-refractivity contribution in [3.63, 3.8) is 0 Å². The van der Waals surface area contributed by atoms with Gasteiger partial charge in [-0.25, -0.2) is 4.79 Å². The molecule has 0 unspecified atom stereocenters. The van der Waals surface area contributed by atoms with Crippen LogP contribution >= 0.6 is 0 Å². The number of aromatic nitrogens is 1. The van der Waals surface area contributed by atoms with Crippen molar-refractivity contribution in [1.82, 2.24) is 10.3 Å². The molecule has 28 heavy (non-hydrogen) atoms. The number of benzene rings is 2. The summed E-state index contributed by atoms with van der Waals surface area (Å²) in [5.74, 6) is 0.385. The van der Waals surface area contributed by atoms with Crippen molar-refractivity contribution in [3.05, 3.63) is 64.8 Å². The Morgan fingerprint density at radius 1 is 1.14 bits per heavy atom. The van der Waals surface area contributed by atoms with E-state index in [4.69, 9.17) is 4.98 Å². The van der Waals surface area contributed by atoms with Gasteiger partial charge in [-0.15, -0.1) is 0 Å². The maximum atomic E-state index is 11.2. The van der Waals surface area contributed by atoms with Crippen LogP contribution < -0.4 is 5.32 Å². The molecule has 0 bridgehead atoms. The normalized spacial score (nSPS) is 11.2. The van der Waals surface area contributed by atoms with E-state index in [0.29, 0.717) is 5.92 Å². The predicted molar refractivity (Wildman–Crippen MR) is 111 cm³/mol. The van der Waals surface area contributed by atoms with E-state index in [-0.39, 0.29) is 13.2 Å². The van der Waals surface area contributed by atoms with Crippen LogP contribution in [0.5, 0.6) is 0 Å². The van der Waals surface area contributed by atoms with Crippen LogP contribution in [0.15, 0.2) is 42.5 Å². The number of nitrogens with zero attached hydrogens (tertiary/aromatic N) is 1. The van der Waals surface area contributed by atoms with Crippen molar-refractivity contribution in [1.29, 1.82) is 0 Å². The number of nitrogens with one attached hydrogen (secondary N) is 1. The van der Waals surface area contributed by atoms with Crippen molar-refractivity contribution in [3.8, 4) is 11.1 Å². The lowest BCUT2D eigenvalue weighted by molar-refractivity contribution is 0.194. The van der Waals surface area contributed by atoms with Crippen molar-refractivity contribution in [2.45, 2.75) is 40.3 Å². The van der Waals surface area contributed by atoms with E-state index in [1.165, 1.54) is 0 Å². The molecule has 5 nitrogen and oxygen atoms in total. The summed E-state index contributed by atoms with van der Waals surface area (Å²) < 4.78 is 0. The molecule has 0 saturated heterocycles. The topological polar surface area (TPSA) is 82.5 Å². The summed E-state index contributed by atoms with van der Waals surface area (Å²) in [4.78, 5) is 16.1. The molecule has 0 atom stereocenters. The summed E-state index contributed by atoms with van der Waals surface area (Å²) in [5.41, 5.74) is 6.60. The van der Waals surface area contributed by atoms with E-state index in [1.807, 2.05) is 37.3 Å². The third-order valence-electron chi connectivity index (χ3n) is 4.78. The number of fused-ring (bicyclic) bond motifs is 1. The zero-order valence-electron chi connectivity index (χ0n) is 16.5. The number of hydrogen-bond acceptors (Lipinski definition) is 3. The monoisotopic (exact) mass is 378 g/mol. The zero-order valence-corrected chi connectivity index (χ0v) is 16.5.